The van der Waals surface area contributed by atoms with E-state index in [4.69, 9.17) is 11.6 Å². The third-order valence-electron chi connectivity index (χ3n) is 4.86. The summed E-state index contributed by atoms with van der Waals surface area (Å²) in [6.45, 7) is 7.18. The Kier molecular flexibility index (Phi) is 4.74. The highest BCUT2D eigenvalue weighted by Gasteiger charge is 2.58. The zero-order chi connectivity index (χ0) is 19.1. The SMILES string of the molecule is C=C(C)c1ccc(C2=NCC(c3cc(C)cc(Cl)c3)(C(F)(F)F)C2)cc1. The second-order valence-corrected chi connectivity index (χ2v) is 7.33. The molecule has 0 radical (unpaired) electrons. The van der Waals surface area contributed by atoms with Crippen LogP contribution in [-0.4, -0.2) is 18.4 Å². The fourth-order valence-electron chi connectivity index (χ4n) is 3.33. The number of hydrogen-bond acceptors (Lipinski definition) is 1. The molecule has 1 aliphatic rings. The molecule has 0 N–H and O–H groups in total. The molecule has 1 heterocycles. The second-order valence-electron chi connectivity index (χ2n) is 6.89. The highest BCUT2D eigenvalue weighted by Crippen LogP contribution is 2.48. The summed E-state index contributed by atoms with van der Waals surface area (Å²) in [5, 5.41) is 0.308. The van der Waals surface area contributed by atoms with Crippen LogP contribution in [0.15, 0.2) is 54.0 Å². The van der Waals surface area contributed by atoms with Crippen LogP contribution >= 0.6 is 11.6 Å². The molecule has 26 heavy (non-hydrogen) atoms. The Balaban J connectivity index is 1.99. The Morgan fingerprint density at radius 1 is 1.15 bits per heavy atom. The summed E-state index contributed by atoms with van der Waals surface area (Å²) >= 11 is 6.03. The molecule has 1 atom stereocenters. The van der Waals surface area contributed by atoms with Crippen LogP contribution in [0.2, 0.25) is 5.02 Å². The number of rotatable bonds is 3. The minimum atomic E-state index is -4.42. The third-order valence-corrected chi connectivity index (χ3v) is 5.08. The smallest absolute Gasteiger partial charge is 0.288 e. The molecule has 0 spiro atoms. The maximum absolute atomic E-state index is 14.1. The second kappa shape index (κ2) is 6.58. The molecular weight excluding hydrogens is 359 g/mol. The van der Waals surface area contributed by atoms with Gasteiger partial charge in [0, 0.05) is 17.2 Å². The van der Waals surface area contributed by atoms with E-state index in [9.17, 15) is 13.2 Å². The molecule has 0 aliphatic carbocycles. The average molecular weight is 378 g/mol. The molecule has 1 aliphatic heterocycles. The maximum Gasteiger partial charge on any atom is 0.400 e. The van der Waals surface area contributed by atoms with Crippen molar-refractivity contribution in [1.29, 1.82) is 0 Å². The highest BCUT2D eigenvalue weighted by molar-refractivity contribution is 6.30. The molecule has 2 aromatic rings. The van der Waals surface area contributed by atoms with Crippen molar-refractivity contribution >= 4 is 22.9 Å². The van der Waals surface area contributed by atoms with Gasteiger partial charge in [0.05, 0.1) is 6.54 Å². The van der Waals surface area contributed by atoms with E-state index in [2.05, 4.69) is 11.6 Å². The first kappa shape index (κ1) is 18.7. The van der Waals surface area contributed by atoms with Gasteiger partial charge in [-0.15, -0.1) is 0 Å². The van der Waals surface area contributed by atoms with Crippen molar-refractivity contribution in [2.45, 2.75) is 31.9 Å². The van der Waals surface area contributed by atoms with Gasteiger partial charge in [0.15, 0.2) is 0 Å². The molecule has 1 nitrogen and oxygen atoms in total. The third kappa shape index (κ3) is 3.30. The molecule has 0 saturated heterocycles. The first-order valence-corrected chi connectivity index (χ1v) is 8.64. The Labute approximate surface area is 156 Å². The summed E-state index contributed by atoms with van der Waals surface area (Å²) in [5.41, 5.74) is 1.88. The Hall–Kier alpha value is -2.07. The number of aryl methyl sites for hydroxylation is 1. The van der Waals surface area contributed by atoms with E-state index in [1.54, 1.807) is 31.2 Å². The predicted octanol–water partition coefficient (Wildman–Crippen LogP) is 6.37. The zero-order valence-electron chi connectivity index (χ0n) is 14.6. The van der Waals surface area contributed by atoms with Gasteiger partial charge in [0.25, 0.3) is 0 Å². The van der Waals surface area contributed by atoms with Gasteiger partial charge in [-0.3, -0.25) is 4.99 Å². The maximum atomic E-state index is 14.1. The van der Waals surface area contributed by atoms with Crippen LogP contribution in [0.25, 0.3) is 5.57 Å². The minimum absolute atomic E-state index is 0.173. The fourth-order valence-corrected chi connectivity index (χ4v) is 3.62. The van der Waals surface area contributed by atoms with Crippen LogP contribution in [0.1, 0.15) is 35.6 Å². The molecule has 0 aromatic heterocycles. The first-order valence-electron chi connectivity index (χ1n) is 8.26. The Morgan fingerprint density at radius 2 is 1.81 bits per heavy atom. The molecule has 1 unspecified atom stereocenters. The highest BCUT2D eigenvalue weighted by atomic mass is 35.5. The van der Waals surface area contributed by atoms with E-state index >= 15 is 0 Å². The summed E-state index contributed by atoms with van der Waals surface area (Å²) in [6, 6.07) is 11.9. The molecular formula is C21H19ClF3N. The molecule has 5 heteroatoms. The number of benzene rings is 2. The predicted molar refractivity (Wildman–Crippen MR) is 101 cm³/mol. The Bertz CT molecular complexity index is 861. The van der Waals surface area contributed by atoms with Crippen LogP contribution in [0.4, 0.5) is 13.2 Å². The zero-order valence-corrected chi connectivity index (χ0v) is 15.4. The summed E-state index contributed by atoms with van der Waals surface area (Å²) < 4.78 is 42.3. The van der Waals surface area contributed by atoms with Gasteiger partial charge in [0.2, 0.25) is 0 Å². The van der Waals surface area contributed by atoms with Crippen molar-refractivity contribution in [1.82, 2.24) is 0 Å². The van der Waals surface area contributed by atoms with Gasteiger partial charge < -0.3 is 0 Å². The van der Waals surface area contributed by atoms with Gasteiger partial charge in [-0.25, -0.2) is 0 Å². The Morgan fingerprint density at radius 3 is 2.35 bits per heavy atom. The van der Waals surface area contributed by atoms with Gasteiger partial charge in [-0.1, -0.05) is 54.1 Å². The van der Waals surface area contributed by atoms with E-state index in [-0.39, 0.29) is 18.5 Å². The number of alkyl halides is 3. The van der Waals surface area contributed by atoms with Gasteiger partial charge in [-0.05, 0) is 48.2 Å². The van der Waals surface area contributed by atoms with E-state index < -0.39 is 11.6 Å². The largest absolute Gasteiger partial charge is 0.400 e. The monoisotopic (exact) mass is 377 g/mol. The summed E-state index contributed by atoms with van der Waals surface area (Å²) in [7, 11) is 0. The molecule has 0 saturated carbocycles. The van der Waals surface area contributed by atoms with Gasteiger partial charge >= 0.3 is 6.18 Å². The minimum Gasteiger partial charge on any atom is -0.288 e. The molecule has 2 aromatic carbocycles. The topological polar surface area (TPSA) is 12.4 Å². The van der Waals surface area contributed by atoms with Crippen molar-refractivity contribution < 1.29 is 13.2 Å². The molecule has 0 bridgehead atoms. The lowest BCUT2D eigenvalue weighted by Crippen LogP contribution is -2.43. The van der Waals surface area contributed by atoms with Crippen molar-refractivity contribution in [3.05, 3.63) is 76.3 Å². The summed E-state index contributed by atoms with van der Waals surface area (Å²) in [6.07, 6.45) is -4.62. The van der Waals surface area contributed by atoms with Crippen LogP contribution < -0.4 is 0 Å². The molecule has 3 rings (SSSR count). The standard InChI is InChI=1S/C21H19ClF3N/c1-13(2)15-4-6-16(7-5-15)19-11-20(12-26-19,21(23,24)25)17-8-14(3)9-18(22)10-17/h4-10H,1,11-12H2,2-3H3. The lowest BCUT2D eigenvalue weighted by Gasteiger charge is -2.32. The molecule has 0 fully saturated rings. The summed E-state index contributed by atoms with van der Waals surface area (Å²) in [4.78, 5) is 4.27. The lowest BCUT2D eigenvalue weighted by atomic mass is 9.76. The van der Waals surface area contributed by atoms with Crippen molar-refractivity contribution in [2.75, 3.05) is 6.54 Å². The number of nitrogens with zero attached hydrogens (tertiary/aromatic N) is 1. The number of hydrogen-bond donors (Lipinski definition) is 0. The van der Waals surface area contributed by atoms with E-state index in [1.807, 2.05) is 19.1 Å². The first-order chi connectivity index (χ1) is 12.1. The fraction of sp³-hybridized carbons (Fsp3) is 0.286. The van der Waals surface area contributed by atoms with Crippen molar-refractivity contribution in [3.8, 4) is 0 Å². The number of halogens is 4. The lowest BCUT2D eigenvalue weighted by molar-refractivity contribution is -0.183. The normalized spacial score (nSPS) is 20.2. The van der Waals surface area contributed by atoms with Crippen molar-refractivity contribution in [3.63, 3.8) is 0 Å². The summed E-state index contributed by atoms with van der Waals surface area (Å²) in [5.74, 6) is 0. The number of aliphatic imine (C=N–C) groups is 1. The van der Waals surface area contributed by atoms with Crippen LogP contribution in [-0.2, 0) is 5.41 Å². The van der Waals surface area contributed by atoms with Crippen LogP contribution in [0.5, 0.6) is 0 Å². The van der Waals surface area contributed by atoms with Crippen LogP contribution in [0.3, 0.4) is 0 Å². The van der Waals surface area contributed by atoms with E-state index in [0.29, 0.717) is 21.9 Å². The average Bonchev–Trinajstić information content (AvgIpc) is 3.00. The van der Waals surface area contributed by atoms with E-state index in [0.717, 1.165) is 11.1 Å². The van der Waals surface area contributed by atoms with E-state index in [1.165, 1.54) is 6.07 Å². The molecule has 136 valence electrons. The van der Waals surface area contributed by atoms with Gasteiger partial charge in [0.1, 0.15) is 5.41 Å². The quantitative estimate of drug-likeness (QED) is 0.589. The van der Waals surface area contributed by atoms with Crippen LogP contribution in [0, 0.1) is 6.92 Å². The number of allylic oxidation sites excluding steroid dienone is 1. The molecule has 0 amide bonds. The van der Waals surface area contributed by atoms with Crippen molar-refractivity contribution in [2.24, 2.45) is 4.99 Å². The van der Waals surface area contributed by atoms with Gasteiger partial charge in [-0.2, -0.15) is 13.2 Å².